The Morgan fingerprint density at radius 3 is 2.33 bits per heavy atom. The molecule has 0 nitrogen and oxygen atoms in total. The zero-order valence-corrected chi connectivity index (χ0v) is 10.6. The summed E-state index contributed by atoms with van der Waals surface area (Å²) in [6.45, 7) is 5.98. The predicted octanol–water partition coefficient (Wildman–Crippen LogP) is 5.56. The van der Waals surface area contributed by atoms with Gasteiger partial charge in [-0.25, -0.2) is 0 Å². The van der Waals surface area contributed by atoms with Gasteiger partial charge in [-0.2, -0.15) is 0 Å². The molecule has 0 bridgehead atoms. The smallest absolute Gasteiger partial charge is 0.0241 e. The highest BCUT2D eigenvalue weighted by atomic mass is 14.1. The number of hydrogen-bond acceptors (Lipinski definition) is 0. The standard InChI is InChI=1S/C17H20.CH4/c1-3-15-8-10-17(11-9-15)13-12-16-6-4-14(2)5-7-16;/h3-4,6,8-11H,1,5,7,12-13H2,2H3;1H4. The minimum absolute atomic E-state index is 0. The zero-order chi connectivity index (χ0) is 12.1. The van der Waals surface area contributed by atoms with Crippen molar-refractivity contribution in [2.24, 2.45) is 0 Å². The molecule has 0 fully saturated rings. The van der Waals surface area contributed by atoms with Crippen LogP contribution in [0.15, 0.2) is 54.1 Å². The van der Waals surface area contributed by atoms with Gasteiger partial charge in [-0.15, -0.1) is 0 Å². The first-order chi connectivity index (χ1) is 8.28. The molecule has 1 aliphatic carbocycles. The third-order valence-corrected chi connectivity index (χ3v) is 3.39. The Balaban J connectivity index is 0.00000162. The van der Waals surface area contributed by atoms with E-state index in [0.29, 0.717) is 0 Å². The van der Waals surface area contributed by atoms with E-state index in [1.165, 1.54) is 36.0 Å². The number of rotatable bonds is 4. The van der Waals surface area contributed by atoms with E-state index >= 15 is 0 Å². The van der Waals surface area contributed by atoms with E-state index in [1.54, 1.807) is 5.57 Å². The van der Waals surface area contributed by atoms with Crippen LogP contribution < -0.4 is 0 Å². The van der Waals surface area contributed by atoms with Crippen molar-refractivity contribution >= 4 is 6.08 Å². The second-order valence-corrected chi connectivity index (χ2v) is 4.78. The molecular weight excluding hydrogens is 216 g/mol. The van der Waals surface area contributed by atoms with Crippen LogP contribution in [0.4, 0.5) is 0 Å². The predicted molar refractivity (Wildman–Crippen MR) is 82.7 cm³/mol. The lowest BCUT2D eigenvalue weighted by atomic mass is 9.94. The van der Waals surface area contributed by atoms with Crippen molar-refractivity contribution in [2.45, 2.75) is 40.0 Å². The average Bonchev–Trinajstić information content (AvgIpc) is 2.39. The van der Waals surface area contributed by atoms with Crippen LogP contribution in [0.25, 0.3) is 6.08 Å². The monoisotopic (exact) mass is 240 g/mol. The van der Waals surface area contributed by atoms with Crippen LogP contribution in [0, 0.1) is 0 Å². The highest BCUT2D eigenvalue weighted by molar-refractivity contribution is 5.47. The molecule has 0 unspecified atom stereocenters. The van der Waals surface area contributed by atoms with Crippen LogP contribution in [-0.4, -0.2) is 0 Å². The maximum absolute atomic E-state index is 3.77. The molecule has 0 aliphatic heterocycles. The second kappa shape index (κ2) is 7.00. The number of allylic oxidation sites excluding steroid dienone is 4. The van der Waals surface area contributed by atoms with Crippen LogP contribution in [0.3, 0.4) is 0 Å². The zero-order valence-electron chi connectivity index (χ0n) is 10.6. The summed E-state index contributed by atoms with van der Waals surface area (Å²) in [5, 5.41) is 0. The lowest BCUT2D eigenvalue weighted by molar-refractivity contribution is 0.816. The molecule has 1 aromatic carbocycles. The Bertz CT molecular complexity index is 443. The van der Waals surface area contributed by atoms with Gasteiger partial charge < -0.3 is 0 Å². The lowest BCUT2D eigenvalue weighted by Crippen LogP contribution is -1.94. The van der Waals surface area contributed by atoms with Gasteiger partial charge in [-0.3, -0.25) is 0 Å². The Hall–Kier alpha value is -1.56. The van der Waals surface area contributed by atoms with Crippen LogP contribution in [0.5, 0.6) is 0 Å². The topological polar surface area (TPSA) is 0 Å². The summed E-state index contributed by atoms with van der Waals surface area (Å²) in [4.78, 5) is 0. The second-order valence-electron chi connectivity index (χ2n) is 4.78. The van der Waals surface area contributed by atoms with Gasteiger partial charge in [0.15, 0.2) is 0 Å². The van der Waals surface area contributed by atoms with Crippen molar-refractivity contribution in [1.29, 1.82) is 0 Å². The summed E-state index contributed by atoms with van der Waals surface area (Å²) in [6.07, 6.45) is 11.3. The average molecular weight is 240 g/mol. The molecule has 2 rings (SSSR count). The molecular formula is C18H24. The molecule has 0 saturated heterocycles. The molecule has 0 saturated carbocycles. The van der Waals surface area contributed by atoms with Gasteiger partial charge in [-0.1, -0.05) is 67.6 Å². The van der Waals surface area contributed by atoms with E-state index < -0.39 is 0 Å². The molecule has 1 aromatic rings. The van der Waals surface area contributed by atoms with Gasteiger partial charge in [0, 0.05) is 0 Å². The summed E-state index contributed by atoms with van der Waals surface area (Å²) >= 11 is 0. The summed E-state index contributed by atoms with van der Waals surface area (Å²) in [7, 11) is 0. The Morgan fingerprint density at radius 2 is 1.78 bits per heavy atom. The number of hydrogen-bond donors (Lipinski definition) is 0. The minimum Gasteiger partial charge on any atom is -0.0985 e. The summed E-state index contributed by atoms with van der Waals surface area (Å²) in [5.74, 6) is 0. The van der Waals surface area contributed by atoms with Crippen LogP contribution in [0.2, 0.25) is 0 Å². The molecule has 0 heteroatoms. The van der Waals surface area contributed by atoms with E-state index in [4.69, 9.17) is 0 Å². The van der Waals surface area contributed by atoms with Gasteiger partial charge in [0.05, 0.1) is 0 Å². The van der Waals surface area contributed by atoms with E-state index in [-0.39, 0.29) is 7.43 Å². The SMILES string of the molecule is C.C=Cc1ccc(CCC2=CC=C(C)CC2)cc1. The van der Waals surface area contributed by atoms with Crippen molar-refractivity contribution in [1.82, 2.24) is 0 Å². The third kappa shape index (κ3) is 4.03. The van der Waals surface area contributed by atoms with Crippen molar-refractivity contribution < 1.29 is 0 Å². The maximum atomic E-state index is 3.77. The first-order valence-electron chi connectivity index (χ1n) is 6.34. The fourth-order valence-electron chi connectivity index (χ4n) is 2.12. The van der Waals surface area contributed by atoms with E-state index in [2.05, 4.69) is 49.9 Å². The van der Waals surface area contributed by atoms with Gasteiger partial charge in [-0.05, 0) is 43.7 Å². The largest absolute Gasteiger partial charge is 0.0985 e. The molecule has 18 heavy (non-hydrogen) atoms. The van der Waals surface area contributed by atoms with E-state index in [9.17, 15) is 0 Å². The van der Waals surface area contributed by atoms with E-state index in [0.717, 1.165) is 6.42 Å². The van der Waals surface area contributed by atoms with Gasteiger partial charge >= 0.3 is 0 Å². The fraction of sp³-hybridized carbons (Fsp3) is 0.333. The van der Waals surface area contributed by atoms with Crippen molar-refractivity contribution in [3.05, 3.63) is 65.3 Å². The van der Waals surface area contributed by atoms with Gasteiger partial charge in [0.25, 0.3) is 0 Å². The summed E-state index contributed by atoms with van der Waals surface area (Å²) in [6, 6.07) is 8.70. The molecule has 1 aliphatic rings. The molecule has 0 aromatic heterocycles. The molecule has 0 heterocycles. The summed E-state index contributed by atoms with van der Waals surface area (Å²) in [5.41, 5.74) is 5.71. The Kier molecular flexibility index (Phi) is 5.64. The van der Waals surface area contributed by atoms with Crippen molar-refractivity contribution in [2.75, 3.05) is 0 Å². The van der Waals surface area contributed by atoms with Crippen LogP contribution in [0.1, 0.15) is 44.7 Å². The minimum atomic E-state index is 0. The summed E-state index contributed by atoms with van der Waals surface area (Å²) < 4.78 is 0. The van der Waals surface area contributed by atoms with E-state index in [1.807, 2.05) is 6.08 Å². The molecule has 0 radical (unpaired) electrons. The molecule has 96 valence electrons. The number of benzene rings is 1. The highest BCUT2D eigenvalue weighted by Crippen LogP contribution is 2.21. The Morgan fingerprint density at radius 1 is 1.06 bits per heavy atom. The number of aryl methyl sites for hydroxylation is 1. The van der Waals surface area contributed by atoms with Crippen LogP contribution in [-0.2, 0) is 6.42 Å². The van der Waals surface area contributed by atoms with Gasteiger partial charge in [0.1, 0.15) is 0 Å². The normalized spacial score (nSPS) is 14.3. The van der Waals surface area contributed by atoms with Crippen molar-refractivity contribution in [3.63, 3.8) is 0 Å². The molecule has 0 atom stereocenters. The molecule has 0 spiro atoms. The van der Waals surface area contributed by atoms with Crippen molar-refractivity contribution in [3.8, 4) is 0 Å². The quantitative estimate of drug-likeness (QED) is 0.646. The first-order valence-corrected chi connectivity index (χ1v) is 6.34. The highest BCUT2D eigenvalue weighted by Gasteiger charge is 2.03. The maximum Gasteiger partial charge on any atom is -0.0241 e. The molecule has 0 N–H and O–H groups in total. The van der Waals surface area contributed by atoms with Crippen LogP contribution >= 0.6 is 0 Å². The fourth-order valence-corrected chi connectivity index (χ4v) is 2.12. The molecule has 0 amide bonds. The third-order valence-electron chi connectivity index (χ3n) is 3.39. The van der Waals surface area contributed by atoms with Gasteiger partial charge in [0.2, 0.25) is 0 Å². The lowest BCUT2D eigenvalue weighted by Gasteiger charge is -2.12. The first kappa shape index (κ1) is 14.5. The Labute approximate surface area is 112 Å².